The molecule has 0 radical (unpaired) electrons. The fourth-order valence-electron chi connectivity index (χ4n) is 4.24. The Bertz CT molecular complexity index is 231. The van der Waals surface area contributed by atoms with Gasteiger partial charge in [-0.15, -0.1) is 0 Å². The van der Waals surface area contributed by atoms with E-state index in [2.05, 4.69) is 31.0 Å². The van der Waals surface area contributed by atoms with E-state index in [0.29, 0.717) is 0 Å². The van der Waals surface area contributed by atoms with Gasteiger partial charge in [0.25, 0.3) is 0 Å². The van der Waals surface area contributed by atoms with Crippen LogP contribution in [-0.4, -0.2) is 37.1 Å². The van der Waals surface area contributed by atoms with Gasteiger partial charge in [0.1, 0.15) is 0 Å². The van der Waals surface area contributed by atoms with E-state index in [1.54, 1.807) is 0 Å². The summed E-state index contributed by atoms with van der Waals surface area (Å²) in [7, 11) is 0. The molecule has 1 heterocycles. The first-order valence-electron chi connectivity index (χ1n) is 8.14. The summed E-state index contributed by atoms with van der Waals surface area (Å²) in [6.07, 6.45) is 7.15. The van der Waals surface area contributed by atoms with Crippen LogP contribution in [0.25, 0.3) is 0 Å². The van der Waals surface area contributed by atoms with Gasteiger partial charge >= 0.3 is 0 Å². The Kier molecular flexibility index (Phi) is 5.50. The highest BCUT2D eigenvalue weighted by Crippen LogP contribution is 2.29. The summed E-state index contributed by atoms with van der Waals surface area (Å²) in [4.78, 5) is 2.72. The number of hydrogen-bond donors (Lipinski definition) is 1. The molecule has 1 N–H and O–H groups in total. The molecule has 2 fully saturated rings. The molecule has 2 rings (SSSR count). The molecule has 0 amide bonds. The Balaban J connectivity index is 1.73. The van der Waals surface area contributed by atoms with Crippen molar-refractivity contribution in [1.29, 1.82) is 0 Å². The number of hydrogen-bond acceptors (Lipinski definition) is 2. The minimum Gasteiger partial charge on any atom is -0.314 e. The third kappa shape index (κ3) is 3.96. The highest BCUT2D eigenvalue weighted by atomic mass is 15.1. The van der Waals surface area contributed by atoms with Gasteiger partial charge in [-0.25, -0.2) is 0 Å². The van der Waals surface area contributed by atoms with Crippen molar-refractivity contribution in [3.05, 3.63) is 0 Å². The van der Waals surface area contributed by atoms with Crippen molar-refractivity contribution in [2.45, 2.75) is 58.9 Å². The molecule has 0 spiro atoms. The van der Waals surface area contributed by atoms with Crippen molar-refractivity contribution in [3.8, 4) is 0 Å². The lowest BCUT2D eigenvalue weighted by Gasteiger charge is -2.36. The lowest BCUT2D eigenvalue weighted by Crippen LogP contribution is -2.41. The summed E-state index contributed by atoms with van der Waals surface area (Å²) in [5, 5.41) is 3.68. The lowest BCUT2D eigenvalue weighted by atomic mass is 9.91. The maximum Gasteiger partial charge on any atom is 0.00956 e. The zero-order chi connectivity index (χ0) is 13.0. The number of likely N-dealkylation sites (tertiary alicyclic amines) is 1. The van der Waals surface area contributed by atoms with Gasteiger partial charge < -0.3 is 10.2 Å². The molecular weight excluding hydrogens is 220 g/mol. The molecule has 0 aromatic carbocycles. The van der Waals surface area contributed by atoms with Crippen LogP contribution in [0.4, 0.5) is 0 Å². The molecule has 2 aliphatic rings. The normalized spacial score (nSPS) is 38.2. The average molecular weight is 252 g/mol. The molecular formula is C16H32N2. The molecule has 18 heavy (non-hydrogen) atoms. The van der Waals surface area contributed by atoms with Crippen LogP contribution in [0.2, 0.25) is 0 Å². The SMILES string of the molecule is CCNC1CCCC1CCN1CC(C)CC(C)C1. The average Bonchev–Trinajstić information content (AvgIpc) is 2.73. The Morgan fingerprint density at radius 2 is 1.83 bits per heavy atom. The maximum atomic E-state index is 3.68. The van der Waals surface area contributed by atoms with Crippen LogP contribution in [0, 0.1) is 17.8 Å². The highest BCUT2D eigenvalue weighted by Gasteiger charge is 2.28. The van der Waals surface area contributed by atoms with Gasteiger partial charge in [-0.3, -0.25) is 0 Å². The minimum absolute atomic E-state index is 0.814. The van der Waals surface area contributed by atoms with Crippen molar-refractivity contribution in [1.82, 2.24) is 10.2 Å². The second-order valence-electron chi connectivity index (χ2n) is 6.85. The van der Waals surface area contributed by atoms with E-state index in [1.165, 1.54) is 51.7 Å². The van der Waals surface area contributed by atoms with E-state index in [0.717, 1.165) is 30.3 Å². The first-order valence-corrected chi connectivity index (χ1v) is 8.14. The fraction of sp³-hybridized carbons (Fsp3) is 1.00. The Hall–Kier alpha value is -0.0800. The van der Waals surface area contributed by atoms with Crippen molar-refractivity contribution >= 4 is 0 Å². The maximum absolute atomic E-state index is 3.68. The smallest absolute Gasteiger partial charge is 0.00956 e. The first-order chi connectivity index (χ1) is 8.69. The molecule has 4 atom stereocenters. The molecule has 0 bridgehead atoms. The number of nitrogens with zero attached hydrogens (tertiary/aromatic N) is 1. The van der Waals surface area contributed by atoms with Crippen molar-refractivity contribution in [2.24, 2.45) is 17.8 Å². The van der Waals surface area contributed by atoms with Crippen molar-refractivity contribution < 1.29 is 0 Å². The quantitative estimate of drug-likeness (QED) is 0.809. The summed E-state index contributed by atoms with van der Waals surface area (Å²) >= 11 is 0. The van der Waals surface area contributed by atoms with Gasteiger partial charge in [0, 0.05) is 19.1 Å². The second kappa shape index (κ2) is 6.91. The zero-order valence-corrected chi connectivity index (χ0v) is 12.6. The summed E-state index contributed by atoms with van der Waals surface area (Å²) in [6, 6.07) is 0.814. The van der Waals surface area contributed by atoms with Crippen LogP contribution >= 0.6 is 0 Å². The van der Waals surface area contributed by atoms with Crippen molar-refractivity contribution in [2.75, 3.05) is 26.2 Å². The summed E-state index contributed by atoms with van der Waals surface area (Å²) in [5.74, 6) is 2.75. The van der Waals surface area contributed by atoms with Gasteiger partial charge in [-0.1, -0.05) is 27.2 Å². The van der Waals surface area contributed by atoms with Crippen LogP contribution in [0.3, 0.4) is 0 Å². The Morgan fingerprint density at radius 1 is 1.11 bits per heavy atom. The summed E-state index contributed by atoms with van der Waals surface area (Å²) < 4.78 is 0. The van der Waals surface area contributed by atoms with Gasteiger partial charge in [-0.2, -0.15) is 0 Å². The number of piperidine rings is 1. The summed E-state index contributed by atoms with van der Waals surface area (Å²) in [5.41, 5.74) is 0. The van der Waals surface area contributed by atoms with E-state index in [-0.39, 0.29) is 0 Å². The van der Waals surface area contributed by atoms with Crippen LogP contribution in [0.1, 0.15) is 52.9 Å². The predicted octanol–water partition coefficient (Wildman–Crippen LogP) is 3.13. The standard InChI is InChI=1S/C16H32N2/c1-4-17-16-7-5-6-15(16)8-9-18-11-13(2)10-14(3)12-18/h13-17H,4-12H2,1-3H3. The molecule has 2 nitrogen and oxygen atoms in total. The third-order valence-corrected chi connectivity index (χ3v) is 4.89. The Morgan fingerprint density at radius 3 is 2.50 bits per heavy atom. The molecule has 4 unspecified atom stereocenters. The predicted molar refractivity (Wildman–Crippen MR) is 78.8 cm³/mol. The molecule has 0 aromatic heterocycles. The van der Waals surface area contributed by atoms with Gasteiger partial charge in [0.2, 0.25) is 0 Å². The van der Waals surface area contributed by atoms with E-state index < -0.39 is 0 Å². The van der Waals surface area contributed by atoms with Crippen LogP contribution in [0.5, 0.6) is 0 Å². The monoisotopic (exact) mass is 252 g/mol. The van der Waals surface area contributed by atoms with Gasteiger partial charge in [0.05, 0.1) is 0 Å². The fourth-order valence-corrected chi connectivity index (χ4v) is 4.24. The topological polar surface area (TPSA) is 15.3 Å². The molecule has 1 saturated carbocycles. The van der Waals surface area contributed by atoms with Crippen LogP contribution in [0.15, 0.2) is 0 Å². The van der Waals surface area contributed by atoms with Crippen LogP contribution < -0.4 is 5.32 Å². The second-order valence-corrected chi connectivity index (χ2v) is 6.85. The van der Waals surface area contributed by atoms with Gasteiger partial charge in [-0.05, 0) is 56.5 Å². The van der Waals surface area contributed by atoms with Gasteiger partial charge in [0.15, 0.2) is 0 Å². The summed E-state index contributed by atoms with van der Waals surface area (Å²) in [6.45, 7) is 12.2. The number of nitrogens with one attached hydrogen (secondary N) is 1. The van der Waals surface area contributed by atoms with Crippen molar-refractivity contribution in [3.63, 3.8) is 0 Å². The molecule has 2 heteroatoms. The number of rotatable bonds is 5. The molecule has 1 saturated heterocycles. The Labute approximate surface area is 114 Å². The molecule has 1 aliphatic carbocycles. The lowest BCUT2D eigenvalue weighted by molar-refractivity contribution is 0.131. The molecule has 106 valence electrons. The van der Waals surface area contributed by atoms with E-state index in [1.807, 2.05) is 0 Å². The van der Waals surface area contributed by atoms with E-state index in [9.17, 15) is 0 Å². The first kappa shape index (κ1) is 14.3. The molecule has 0 aromatic rings. The minimum atomic E-state index is 0.814. The van der Waals surface area contributed by atoms with E-state index in [4.69, 9.17) is 0 Å². The van der Waals surface area contributed by atoms with Crippen LogP contribution in [-0.2, 0) is 0 Å². The largest absolute Gasteiger partial charge is 0.314 e. The zero-order valence-electron chi connectivity index (χ0n) is 12.6. The van der Waals surface area contributed by atoms with E-state index >= 15 is 0 Å². The third-order valence-electron chi connectivity index (χ3n) is 4.89. The molecule has 1 aliphatic heterocycles. The highest BCUT2D eigenvalue weighted by molar-refractivity contribution is 4.84.